The van der Waals surface area contributed by atoms with Gasteiger partial charge in [0.2, 0.25) is 0 Å². The van der Waals surface area contributed by atoms with E-state index in [1.54, 1.807) is 5.57 Å². The molecule has 0 aromatic carbocycles. The zero-order valence-electron chi connectivity index (χ0n) is 19.4. The van der Waals surface area contributed by atoms with Crippen molar-refractivity contribution in [3.63, 3.8) is 0 Å². The number of allylic oxidation sites excluding steroid dienone is 2. The van der Waals surface area contributed by atoms with Gasteiger partial charge in [-0.2, -0.15) is 0 Å². The molecule has 0 spiro atoms. The second-order valence-electron chi connectivity index (χ2n) is 12.5. The van der Waals surface area contributed by atoms with Crippen LogP contribution in [0.25, 0.3) is 0 Å². The summed E-state index contributed by atoms with van der Waals surface area (Å²) in [6.45, 7) is 16.6. The first-order valence-corrected chi connectivity index (χ1v) is 14.7. The molecule has 0 aromatic rings. The van der Waals surface area contributed by atoms with Crippen molar-refractivity contribution in [3.05, 3.63) is 11.6 Å². The summed E-state index contributed by atoms with van der Waals surface area (Å²) in [6.07, 6.45) is 12.4. The minimum atomic E-state index is -1.72. The van der Waals surface area contributed by atoms with Crippen LogP contribution in [0.1, 0.15) is 86.0 Å². The summed E-state index contributed by atoms with van der Waals surface area (Å²) in [5.41, 5.74) is 1.72. The molecule has 3 fully saturated rings. The van der Waals surface area contributed by atoms with Crippen molar-refractivity contribution < 1.29 is 9.22 Å². The lowest BCUT2D eigenvalue weighted by Crippen LogP contribution is -2.52. The van der Waals surface area contributed by atoms with Crippen molar-refractivity contribution in [2.24, 2.45) is 28.6 Å². The van der Waals surface area contributed by atoms with E-state index in [1.807, 2.05) is 0 Å². The standard InChI is InChI=1S/C25H42O2Si/c1-23(2,3)28(6,7)27-18-12-14-24(4)17(15-18)10-11-19-20-9-8-13-25(20,5)22(26)16-21(19)24/h16-20H,8-15H2,1-7H3/t17-,18?,19?,20?,24+,25-/m1/s1. The molecule has 3 heteroatoms. The molecule has 0 bridgehead atoms. The van der Waals surface area contributed by atoms with Crippen LogP contribution in [0.4, 0.5) is 0 Å². The molecule has 3 saturated carbocycles. The van der Waals surface area contributed by atoms with Crippen molar-refractivity contribution in [1.82, 2.24) is 0 Å². The van der Waals surface area contributed by atoms with Crippen LogP contribution < -0.4 is 0 Å². The molecule has 0 amide bonds. The fourth-order valence-corrected chi connectivity index (χ4v) is 8.38. The highest BCUT2D eigenvalue weighted by atomic mass is 28.4. The molecular weight excluding hydrogens is 360 g/mol. The van der Waals surface area contributed by atoms with Gasteiger partial charge in [-0.15, -0.1) is 0 Å². The smallest absolute Gasteiger partial charge is 0.192 e. The lowest BCUT2D eigenvalue weighted by atomic mass is 9.49. The van der Waals surface area contributed by atoms with Gasteiger partial charge in [-0.3, -0.25) is 4.79 Å². The summed E-state index contributed by atoms with van der Waals surface area (Å²) < 4.78 is 6.83. The van der Waals surface area contributed by atoms with E-state index in [0.29, 0.717) is 29.6 Å². The second kappa shape index (κ2) is 6.54. The van der Waals surface area contributed by atoms with E-state index in [0.717, 1.165) is 6.42 Å². The number of carbonyl (C=O) groups is 1. The highest BCUT2D eigenvalue weighted by Gasteiger charge is 2.57. The maximum Gasteiger partial charge on any atom is 0.192 e. The lowest BCUT2D eigenvalue weighted by Gasteiger charge is -2.56. The van der Waals surface area contributed by atoms with Gasteiger partial charge in [-0.1, -0.05) is 46.6 Å². The summed E-state index contributed by atoms with van der Waals surface area (Å²) in [5.74, 6) is 2.42. The summed E-state index contributed by atoms with van der Waals surface area (Å²) in [5, 5.41) is 0.274. The van der Waals surface area contributed by atoms with E-state index < -0.39 is 8.32 Å². The Morgan fingerprint density at radius 1 is 1.04 bits per heavy atom. The Bertz CT molecular complexity index is 687. The van der Waals surface area contributed by atoms with Crippen LogP contribution >= 0.6 is 0 Å². The summed E-state index contributed by atoms with van der Waals surface area (Å²) in [7, 11) is -1.72. The van der Waals surface area contributed by atoms with Gasteiger partial charge < -0.3 is 4.43 Å². The first-order chi connectivity index (χ1) is 12.9. The van der Waals surface area contributed by atoms with E-state index in [-0.39, 0.29) is 15.9 Å². The minimum Gasteiger partial charge on any atom is -0.414 e. The predicted molar refractivity (Wildman–Crippen MR) is 119 cm³/mol. The Morgan fingerprint density at radius 2 is 1.75 bits per heavy atom. The molecule has 0 saturated heterocycles. The molecule has 2 nitrogen and oxygen atoms in total. The Hall–Kier alpha value is -0.413. The van der Waals surface area contributed by atoms with E-state index >= 15 is 0 Å². The molecule has 0 radical (unpaired) electrons. The minimum absolute atomic E-state index is 0.0555. The Labute approximate surface area is 174 Å². The van der Waals surface area contributed by atoms with Crippen molar-refractivity contribution in [2.45, 2.75) is 110 Å². The largest absolute Gasteiger partial charge is 0.414 e. The van der Waals surface area contributed by atoms with Crippen LogP contribution in [-0.4, -0.2) is 20.2 Å². The topological polar surface area (TPSA) is 26.3 Å². The molecule has 4 aliphatic rings. The molecule has 4 rings (SSSR count). The predicted octanol–water partition coefficient (Wildman–Crippen LogP) is 6.91. The van der Waals surface area contributed by atoms with Gasteiger partial charge >= 0.3 is 0 Å². The second-order valence-corrected chi connectivity index (χ2v) is 17.2. The van der Waals surface area contributed by atoms with Gasteiger partial charge in [0.15, 0.2) is 14.1 Å². The highest BCUT2D eigenvalue weighted by molar-refractivity contribution is 6.74. The molecule has 0 aromatic heterocycles. The molecule has 3 unspecified atom stereocenters. The van der Waals surface area contributed by atoms with Gasteiger partial charge in [0.1, 0.15) is 0 Å². The van der Waals surface area contributed by atoms with Crippen LogP contribution in [0.15, 0.2) is 11.6 Å². The molecular formula is C25H42O2Si. The van der Waals surface area contributed by atoms with Crippen LogP contribution in [-0.2, 0) is 9.22 Å². The van der Waals surface area contributed by atoms with E-state index in [9.17, 15) is 4.79 Å². The summed E-state index contributed by atoms with van der Waals surface area (Å²) >= 11 is 0. The maximum absolute atomic E-state index is 13.1. The quantitative estimate of drug-likeness (QED) is 0.469. The van der Waals surface area contributed by atoms with E-state index in [1.165, 1.54) is 44.9 Å². The monoisotopic (exact) mass is 402 g/mol. The van der Waals surface area contributed by atoms with Gasteiger partial charge in [-0.05, 0) is 92.3 Å². The van der Waals surface area contributed by atoms with Crippen LogP contribution in [0.3, 0.4) is 0 Å². The normalized spacial score (nSPS) is 43.8. The Kier molecular flexibility index (Phi) is 4.87. The first kappa shape index (κ1) is 20.8. The Morgan fingerprint density at radius 3 is 2.43 bits per heavy atom. The fourth-order valence-electron chi connectivity index (χ4n) is 6.98. The lowest BCUT2D eigenvalue weighted by molar-refractivity contribution is -0.128. The van der Waals surface area contributed by atoms with Gasteiger partial charge in [0.05, 0.1) is 0 Å². The summed E-state index contributed by atoms with van der Waals surface area (Å²) in [4.78, 5) is 13.1. The number of rotatable bonds is 2. The third kappa shape index (κ3) is 3.02. The number of fused-ring (bicyclic) bond motifs is 5. The maximum atomic E-state index is 13.1. The highest BCUT2D eigenvalue weighted by Crippen LogP contribution is 2.63. The first-order valence-electron chi connectivity index (χ1n) is 11.8. The SMILES string of the molecule is CC(C)(C)[Si](C)(C)OC1CC[C@]2(C)C3=CC(=O)[C@]4(C)CCCC4C3CC[C@@H]2C1. The molecule has 0 heterocycles. The van der Waals surface area contributed by atoms with Gasteiger partial charge in [-0.25, -0.2) is 0 Å². The average molecular weight is 403 g/mol. The Balaban J connectivity index is 1.55. The molecule has 0 N–H and O–H groups in total. The van der Waals surface area contributed by atoms with Crippen molar-refractivity contribution in [3.8, 4) is 0 Å². The zero-order valence-corrected chi connectivity index (χ0v) is 20.4. The number of carbonyl (C=O) groups excluding carboxylic acids is 1. The van der Waals surface area contributed by atoms with Gasteiger partial charge in [0, 0.05) is 11.5 Å². The van der Waals surface area contributed by atoms with Crippen LogP contribution in [0, 0.1) is 28.6 Å². The summed E-state index contributed by atoms with van der Waals surface area (Å²) in [6, 6.07) is 0. The molecule has 28 heavy (non-hydrogen) atoms. The number of ketones is 1. The zero-order chi connectivity index (χ0) is 20.5. The molecule has 158 valence electrons. The van der Waals surface area contributed by atoms with Crippen molar-refractivity contribution >= 4 is 14.1 Å². The van der Waals surface area contributed by atoms with E-state index in [4.69, 9.17) is 4.43 Å². The van der Waals surface area contributed by atoms with E-state index in [2.05, 4.69) is 53.8 Å². The third-order valence-corrected chi connectivity index (χ3v) is 14.5. The molecule has 0 aliphatic heterocycles. The van der Waals surface area contributed by atoms with Crippen molar-refractivity contribution in [2.75, 3.05) is 0 Å². The molecule has 4 aliphatic carbocycles. The molecule has 6 atom stereocenters. The van der Waals surface area contributed by atoms with Crippen molar-refractivity contribution in [1.29, 1.82) is 0 Å². The van der Waals surface area contributed by atoms with Gasteiger partial charge in [0.25, 0.3) is 0 Å². The van der Waals surface area contributed by atoms with Crippen LogP contribution in [0.5, 0.6) is 0 Å². The van der Waals surface area contributed by atoms with Crippen LogP contribution in [0.2, 0.25) is 18.1 Å². The fraction of sp³-hybridized carbons (Fsp3) is 0.880. The average Bonchev–Trinajstić information content (AvgIpc) is 2.98. The number of hydrogen-bond donors (Lipinski definition) is 0. The number of hydrogen-bond acceptors (Lipinski definition) is 2. The third-order valence-electron chi connectivity index (χ3n) is 9.95.